The first-order valence-electron chi connectivity index (χ1n) is 13.8. The highest BCUT2D eigenvalue weighted by Gasteiger charge is 2.74. The van der Waals surface area contributed by atoms with E-state index in [0.717, 1.165) is 42.5 Å². The Morgan fingerprint density at radius 3 is 2.78 bits per heavy atom. The number of piperidine rings is 1. The Bertz CT molecular complexity index is 1290. The normalized spacial score (nSPS) is 40.0. The zero-order valence-electron chi connectivity index (χ0n) is 21.1. The third-order valence-corrected chi connectivity index (χ3v) is 10.8. The van der Waals surface area contributed by atoms with Gasteiger partial charge in [-0.25, -0.2) is 0 Å². The summed E-state index contributed by atoms with van der Waals surface area (Å²) in [5.41, 5.74) is 0.761. The number of carbonyl (C=O) groups is 1. The molecule has 2 bridgehead atoms. The van der Waals surface area contributed by atoms with Gasteiger partial charge in [-0.1, -0.05) is 6.07 Å². The van der Waals surface area contributed by atoms with Crippen molar-refractivity contribution in [3.05, 3.63) is 47.4 Å². The highest BCUT2D eigenvalue weighted by atomic mass is 16.5. The van der Waals surface area contributed by atoms with Crippen LogP contribution in [0.15, 0.2) is 35.1 Å². The molecule has 3 heterocycles. The van der Waals surface area contributed by atoms with Crippen LogP contribution in [0.25, 0.3) is 0 Å². The predicted octanol–water partition coefficient (Wildman–Crippen LogP) is 2.29. The van der Waals surface area contributed by atoms with Crippen molar-refractivity contribution in [3.8, 4) is 11.5 Å². The van der Waals surface area contributed by atoms with Gasteiger partial charge >= 0.3 is 0 Å². The van der Waals surface area contributed by atoms with Gasteiger partial charge in [-0.15, -0.1) is 0 Å². The van der Waals surface area contributed by atoms with Gasteiger partial charge < -0.3 is 29.4 Å². The summed E-state index contributed by atoms with van der Waals surface area (Å²) < 4.78 is 11.9. The molecule has 4 fully saturated rings. The molecule has 4 aliphatic carbocycles. The van der Waals surface area contributed by atoms with Gasteiger partial charge in [0.25, 0.3) is 0 Å². The van der Waals surface area contributed by atoms with Crippen molar-refractivity contribution in [1.29, 1.82) is 0 Å². The van der Waals surface area contributed by atoms with Crippen molar-refractivity contribution >= 4 is 5.91 Å². The monoisotopic (exact) mass is 506 g/mol. The number of likely N-dealkylation sites (N-methyl/N-ethyl adjacent to an activating group) is 1. The maximum Gasteiger partial charge on any atom is 0.226 e. The molecule has 1 aromatic heterocycles. The van der Waals surface area contributed by atoms with E-state index in [1.807, 2.05) is 24.1 Å². The summed E-state index contributed by atoms with van der Waals surface area (Å²) in [4.78, 5) is 17.8. The number of likely N-dealkylation sites (tertiary alicyclic amines) is 1. The molecule has 8 nitrogen and oxygen atoms in total. The largest absolute Gasteiger partial charge is 0.504 e. The molecule has 3 unspecified atom stereocenters. The molecule has 0 radical (unpaired) electrons. The molecular weight excluding hydrogens is 472 g/mol. The number of nitrogens with zero attached hydrogens (tertiary/aromatic N) is 2. The van der Waals surface area contributed by atoms with Crippen LogP contribution in [0.3, 0.4) is 0 Å². The molecule has 6 aliphatic rings. The molecule has 8 heteroatoms. The second-order valence-corrected chi connectivity index (χ2v) is 12.6. The number of hydrogen-bond acceptors (Lipinski definition) is 7. The molecule has 8 rings (SSSR count). The van der Waals surface area contributed by atoms with Gasteiger partial charge in [-0.05, 0) is 80.7 Å². The first kappa shape index (κ1) is 22.4. The Morgan fingerprint density at radius 2 is 2.03 bits per heavy atom. The Balaban J connectivity index is 1.16. The fourth-order valence-electron chi connectivity index (χ4n) is 8.62. The highest BCUT2D eigenvalue weighted by Crippen LogP contribution is 2.66. The molecule has 37 heavy (non-hydrogen) atoms. The van der Waals surface area contributed by atoms with E-state index >= 15 is 0 Å². The SMILES string of the molecule is CN(C(=O)C1CC1c1ccoc1)[C@H]1CC[C@@]2(O)C3Cc4ccc(O)c5c4[C@@]2(CCN3CC2(O)CC2)[C@H]1O5. The average molecular weight is 507 g/mol. The van der Waals surface area contributed by atoms with Gasteiger partial charge in [0, 0.05) is 31.1 Å². The number of benzene rings is 1. The average Bonchev–Trinajstić information content (AvgIpc) is 3.71. The van der Waals surface area contributed by atoms with Gasteiger partial charge in [0.2, 0.25) is 5.91 Å². The minimum absolute atomic E-state index is 0.0612. The van der Waals surface area contributed by atoms with Crippen molar-refractivity contribution in [3.63, 3.8) is 0 Å². The fraction of sp³-hybridized carbons (Fsp3) is 0.621. The van der Waals surface area contributed by atoms with Crippen LogP contribution < -0.4 is 4.74 Å². The van der Waals surface area contributed by atoms with Crippen molar-refractivity contribution in [2.75, 3.05) is 20.1 Å². The van der Waals surface area contributed by atoms with E-state index in [9.17, 15) is 20.1 Å². The number of furan rings is 1. The lowest BCUT2D eigenvalue weighted by Crippen LogP contribution is -2.78. The molecule has 196 valence electrons. The number of aromatic hydroxyl groups is 1. The van der Waals surface area contributed by atoms with Gasteiger partial charge in [-0.3, -0.25) is 9.69 Å². The minimum Gasteiger partial charge on any atom is -0.504 e. The van der Waals surface area contributed by atoms with Gasteiger partial charge in [0.1, 0.15) is 6.10 Å². The number of amides is 1. The molecule has 3 N–H and O–H groups in total. The van der Waals surface area contributed by atoms with Crippen molar-refractivity contribution < 1.29 is 29.3 Å². The van der Waals surface area contributed by atoms with Crippen LogP contribution in [0.5, 0.6) is 11.5 Å². The lowest BCUT2D eigenvalue weighted by Gasteiger charge is -2.64. The number of phenolic OH excluding ortho intramolecular Hbond substituents is 1. The zero-order valence-corrected chi connectivity index (χ0v) is 21.1. The second kappa shape index (κ2) is 7.10. The molecule has 1 aromatic carbocycles. The molecule has 1 amide bonds. The molecule has 2 aliphatic heterocycles. The standard InChI is InChI=1S/C29H34N2O6/c1-30(26(33)19-13-18(19)17-5-11-36-14-17)20-4-6-29(35)22-12-16-2-3-21(32)24-23(16)28(29,25(20)37-24)9-10-31(22)15-27(34)7-8-27/h2-3,5,11,14,18-20,22,25,32,34-35H,4,6-10,12-13,15H2,1H3/t18?,19?,20-,22?,25-,28-,29+/m0/s1. The number of phenols is 1. The van der Waals surface area contributed by atoms with E-state index in [2.05, 4.69) is 4.90 Å². The summed E-state index contributed by atoms with van der Waals surface area (Å²) in [5, 5.41) is 34.2. The smallest absolute Gasteiger partial charge is 0.226 e. The Morgan fingerprint density at radius 1 is 1.19 bits per heavy atom. The third-order valence-electron chi connectivity index (χ3n) is 10.8. The Labute approximate surface area is 215 Å². The first-order valence-corrected chi connectivity index (χ1v) is 13.8. The number of β-amino-alcohol motifs (C(OH)–C–C–N with tert-alkyl or cyclic N) is 1. The van der Waals surface area contributed by atoms with Crippen LogP contribution in [0.4, 0.5) is 0 Å². The highest BCUT2D eigenvalue weighted by molar-refractivity contribution is 5.83. The van der Waals surface area contributed by atoms with E-state index in [0.29, 0.717) is 38.0 Å². The third kappa shape index (κ3) is 2.81. The quantitative estimate of drug-likeness (QED) is 0.571. The van der Waals surface area contributed by atoms with Crippen LogP contribution in [0.2, 0.25) is 0 Å². The zero-order chi connectivity index (χ0) is 25.3. The van der Waals surface area contributed by atoms with Crippen LogP contribution in [0, 0.1) is 5.92 Å². The number of aliphatic hydroxyl groups is 2. The molecule has 7 atom stereocenters. The van der Waals surface area contributed by atoms with Gasteiger partial charge in [-0.2, -0.15) is 0 Å². The predicted molar refractivity (Wildman–Crippen MR) is 132 cm³/mol. The van der Waals surface area contributed by atoms with Gasteiger partial charge in [0.15, 0.2) is 11.5 Å². The van der Waals surface area contributed by atoms with Crippen molar-refractivity contribution in [2.45, 2.75) is 85.7 Å². The van der Waals surface area contributed by atoms with E-state index in [1.165, 1.54) is 0 Å². The van der Waals surface area contributed by atoms with E-state index in [-0.39, 0.29) is 35.6 Å². The summed E-state index contributed by atoms with van der Waals surface area (Å²) in [7, 11) is 1.88. The maximum atomic E-state index is 13.7. The number of ether oxygens (including phenoxy) is 1. The van der Waals surface area contributed by atoms with Crippen LogP contribution >= 0.6 is 0 Å². The Kier molecular flexibility index (Phi) is 4.30. The van der Waals surface area contributed by atoms with E-state index in [1.54, 1.807) is 18.6 Å². The molecule has 2 aromatic rings. The molecular formula is C29H34N2O6. The summed E-state index contributed by atoms with van der Waals surface area (Å²) in [6, 6.07) is 5.28. The Hall–Kier alpha value is -2.55. The molecule has 1 spiro atoms. The number of hydrogen-bond donors (Lipinski definition) is 3. The van der Waals surface area contributed by atoms with Crippen LogP contribution in [-0.4, -0.2) is 80.6 Å². The fourth-order valence-corrected chi connectivity index (χ4v) is 8.62. The minimum atomic E-state index is -1.05. The second-order valence-electron chi connectivity index (χ2n) is 12.6. The van der Waals surface area contributed by atoms with Crippen molar-refractivity contribution in [1.82, 2.24) is 9.80 Å². The number of rotatable bonds is 5. The summed E-state index contributed by atoms with van der Waals surface area (Å²) in [6.45, 7) is 1.33. The molecule has 3 saturated carbocycles. The van der Waals surface area contributed by atoms with E-state index < -0.39 is 22.7 Å². The van der Waals surface area contributed by atoms with Crippen LogP contribution in [0.1, 0.15) is 61.1 Å². The van der Waals surface area contributed by atoms with Gasteiger partial charge in [0.05, 0.1) is 35.2 Å². The number of carbonyl (C=O) groups excluding carboxylic acids is 1. The summed E-state index contributed by atoms with van der Waals surface area (Å²) in [6.07, 6.45) is 7.93. The van der Waals surface area contributed by atoms with Crippen molar-refractivity contribution in [2.24, 2.45) is 5.92 Å². The lowest BCUT2D eigenvalue weighted by atomic mass is 9.48. The summed E-state index contributed by atoms with van der Waals surface area (Å²) in [5.74, 6) is 0.842. The van der Waals surface area contributed by atoms with E-state index in [4.69, 9.17) is 9.15 Å². The molecule has 1 saturated heterocycles. The van der Waals surface area contributed by atoms with Crippen LogP contribution in [-0.2, 0) is 16.6 Å². The maximum absolute atomic E-state index is 13.7. The summed E-state index contributed by atoms with van der Waals surface area (Å²) >= 11 is 0. The lowest BCUT2D eigenvalue weighted by molar-refractivity contribution is -0.203. The first-order chi connectivity index (χ1) is 17.8. The topological polar surface area (TPSA) is 107 Å².